The Bertz CT molecular complexity index is 801. The predicted octanol–water partition coefficient (Wildman–Crippen LogP) is 3.31. The third kappa shape index (κ3) is 3.41. The molecule has 138 valence electrons. The number of benzene rings is 1. The van der Waals surface area contributed by atoms with Crippen LogP contribution in [0.5, 0.6) is 11.6 Å². The van der Waals surface area contributed by atoms with Gasteiger partial charge in [-0.3, -0.25) is 4.79 Å². The van der Waals surface area contributed by atoms with Gasteiger partial charge in [0.1, 0.15) is 11.4 Å². The van der Waals surface area contributed by atoms with Gasteiger partial charge < -0.3 is 20.4 Å². The Balaban J connectivity index is 1.37. The van der Waals surface area contributed by atoms with E-state index in [2.05, 4.69) is 15.6 Å². The van der Waals surface area contributed by atoms with Crippen LogP contribution < -0.4 is 15.4 Å². The van der Waals surface area contributed by atoms with Gasteiger partial charge in [-0.25, -0.2) is 0 Å². The Morgan fingerprint density at radius 2 is 1.88 bits per heavy atom. The van der Waals surface area contributed by atoms with Crippen LogP contribution >= 0.6 is 0 Å². The van der Waals surface area contributed by atoms with E-state index in [1.165, 1.54) is 6.07 Å². The first kappa shape index (κ1) is 17.0. The number of hydrogen-bond acceptors (Lipinski definition) is 3. The quantitative estimate of drug-likeness (QED) is 0.779. The van der Waals surface area contributed by atoms with Gasteiger partial charge >= 0.3 is 6.18 Å². The number of carbonyl (C=O) groups is 1. The zero-order valence-electron chi connectivity index (χ0n) is 13.8. The van der Waals surface area contributed by atoms with Gasteiger partial charge in [0, 0.05) is 30.3 Å². The summed E-state index contributed by atoms with van der Waals surface area (Å²) in [4.78, 5) is 14.5. The highest BCUT2D eigenvalue weighted by molar-refractivity contribution is 5.94. The fourth-order valence-electron chi connectivity index (χ4n) is 3.67. The zero-order valence-corrected chi connectivity index (χ0v) is 13.8. The third-order valence-electron chi connectivity index (χ3n) is 4.99. The second kappa shape index (κ2) is 6.35. The summed E-state index contributed by atoms with van der Waals surface area (Å²) in [5.41, 5.74) is -0.376. The first-order valence-corrected chi connectivity index (χ1v) is 8.47. The number of aromatic amines is 1. The molecule has 8 heteroatoms. The van der Waals surface area contributed by atoms with Crippen molar-refractivity contribution in [2.45, 2.75) is 31.1 Å². The summed E-state index contributed by atoms with van der Waals surface area (Å²) in [6, 6.07) is 9.16. The molecule has 0 spiro atoms. The van der Waals surface area contributed by atoms with Crippen LogP contribution in [0, 0.1) is 5.92 Å². The Kier molecular flexibility index (Phi) is 4.14. The average molecular weight is 365 g/mol. The van der Waals surface area contributed by atoms with E-state index in [-0.39, 0.29) is 17.8 Å². The monoisotopic (exact) mass is 365 g/mol. The number of halogens is 3. The lowest BCUT2D eigenvalue weighted by Gasteiger charge is -2.23. The summed E-state index contributed by atoms with van der Waals surface area (Å²) in [5.74, 6) is 0.681. The van der Waals surface area contributed by atoms with E-state index < -0.39 is 11.9 Å². The number of amides is 1. The highest BCUT2D eigenvalue weighted by atomic mass is 19.4. The van der Waals surface area contributed by atoms with E-state index >= 15 is 0 Å². The van der Waals surface area contributed by atoms with Crippen molar-refractivity contribution in [1.82, 2.24) is 15.6 Å². The largest absolute Gasteiger partial charge is 0.441 e. The highest BCUT2D eigenvalue weighted by Crippen LogP contribution is 2.32. The van der Waals surface area contributed by atoms with Crippen LogP contribution in [0.4, 0.5) is 13.2 Å². The number of aromatic nitrogens is 1. The van der Waals surface area contributed by atoms with Crippen LogP contribution in [-0.2, 0) is 6.18 Å². The molecule has 0 radical (unpaired) electrons. The zero-order chi connectivity index (χ0) is 18.3. The Hall–Kier alpha value is -2.48. The average Bonchev–Trinajstić information content (AvgIpc) is 3.31. The second-order valence-corrected chi connectivity index (χ2v) is 6.78. The highest BCUT2D eigenvalue weighted by Gasteiger charge is 2.40. The van der Waals surface area contributed by atoms with E-state index in [1.807, 2.05) is 0 Å². The van der Waals surface area contributed by atoms with Crippen molar-refractivity contribution in [2.24, 2.45) is 5.92 Å². The predicted molar refractivity (Wildman–Crippen MR) is 88.1 cm³/mol. The maximum Gasteiger partial charge on any atom is 0.431 e. The van der Waals surface area contributed by atoms with Crippen LogP contribution in [-0.4, -0.2) is 29.5 Å². The number of hydrogen-bond donors (Lipinski definition) is 3. The molecule has 1 saturated carbocycles. The van der Waals surface area contributed by atoms with Crippen LogP contribution in [0.25, 0.3) is 0 Å². The van der Waals surface area contributed by atoms with E-state index in [0.29, 0.717) is 23.3 Å². The Labute approximate surface area is 147 Å². The van der Waals surface area contributed by atoms with Gasteiger partial charge in [-0.15, -0.1) is 0 Å². The van der Waals surface area contributed by atoms with Crippen molar-refractivity contribution < 1.29 is 22.7 Å². The minimum absolute atomic E-state index is 0.0102. The van der Waals surface area contributed by atoms with Gasteiger partial charge in [0.2, 0.25) is 0 Å². The molecule has 1 aromatic carbocycles. The first-order chi connectivity index (χ1) is 12.4. The molecule has 1 amide bonds. The van der Waals surface area contributed by atoms with Crippen molar-refractivity contribution in [3.63, 3.8) is 0 Å². The lowest BCUT2D eigenvalue weighted by atomic mass is 10.0. The molecule has 3 atom stereocenters. The fourth-order valence-corrected chi connectivity index (χ4v) is 3.67. The molecule has 1 aliphatic carbocycles. The van der Waals surface area contributed by atoms with Crippen LogP contribution in [0.2, 0.25) is 0 Å². The first-order valence-electron chi connectivity index (χ1n) is 8.47. The van der Waals surface area contributed by atoms with Crippen molar-refractivity contribution in [1.29, 1.82) is 0 Å². The van der Waals surface area contributed by atoms with Gasteiger partial charge in [0.05, 0.1) is 0 Å². The number of carbonyl (C=O) groups excluding carboxylic acids is 1. The maximum atomic E-state index is 12.6. The summed E-state index contributed by atoms with van der Waals surface area (Å²) < 4.78 is 43.1. The Morgan fingerprint density at radius 3 is 2.46 bits per heavy atom. The van der Waals surface area contributed by atoms with Gasteiger partial charge in [-0.2, -0.15) is 13.2 Å². The molecule has 2 heterocycles. The second-order valence-electron chi connectivity index (χ2n) is 6.78. The van der Waals surface area contributed by atoms with E-state index in [4.69, 9.17) is 4.74 Å². The number of ether oxygens (including phenoxy) is 1. The molecule has 2 aromatic rings. The SMILES string of the molecule is O=C(NC1CC2CC1CN2)c1ccc(Oc2ccc(C(F)(F)F)[nH]2)cc1. The Morgan fingerprint density at radius 1 is 1.12 bits per heavy atom. The minimum atomic E-state index is -4.45. The topological polar surface area (TPSA) is 66.2 Å². The van der Waals surface area contributed by atoms with Gasteiger partial charge in [0.25, 0.3) is 5.91 Å². The van der Waals surface area contributed by atoms with Crippen molar-refractivity contribution in [3.05, 3.63) is 47.7 Å². The molecule has 26 heavy (non-hydrogen) atoms. The molecule has 1 saturated heterocycles. The molecule has 2 bridgehead atoms. The van der Waals surface area contributed by atoms with Crippen LogP contribution in [0.15, 0.2) is 36.4 Å². The number of piperidine rings is 1. The number of rotatable bonds is 4. The van der Waals surface area contributed by atoms with Crippen LogP contribution in [0.1, 0.15) is 28.9 Å². The van der Waals surface area contributed by atoms with Gasteiger partial charge in [0.15, 0.2) is 5.88 Å². The number of nitrogens with one attached hydrogen (secondary N) is 3. The smallest absolute Gasteiger partial charge is 0.431 e. The number of H-pyrrole nitrogens is 1. The standard InChI is InChI=1S/C18H18F3N3O2/c19-18(20,21)15-5-6-16(24-15)26-13-3-1-10(2-4-13)17(25)23-14-8-12-7-11(14)9-22-12/h1-6,11-12,14,22,24H,7-9H2,(H,23,25). The molecule has 2 fully saturated rings. The summed E-state index contributed by atoms with van der Waals surface area (Å²) in [6.07, 6.45) is -2.39. The number of alkyl halides is 3. The molecule has 2 aliphatic rings. The molecule has 1 aromatic heterocycles. The van der Waals surface area contributed by atoms with Crippen molar-refractivity contribution in [2.75, 3.05) is 6.54 Å². The summed E-state index contributed by atoms with van der Waals surface area (Å²) in [6.45, 7) is 0.943. The van der Waals surface area contributed by atoms with Gasteiger partial charge in [-0.05, 0) is 49.1 Å². The molecule has 1 aliphatic heterocycles. The lowest BCUT2D eigenvalue weighted by molar-refractivity contribution is -0.140. The molecular weight excluding hydrogens is 347 g/mol. The van der Waals surface area contributed by atoms with Crippen LogP contribution in [0.3, 0.4) is 0 Å². The summed E-state index contributed by atoms with van der Waals surface area (Å²) in [7, 11) is 0. The molecule has 4 rings (SSSR count). The minimum Gasteiger partial charge on any atom is -0.441 e. The number of fused-ring (bicyclic) bond motifs is 2. The lowest BCUT2D eigenvalue weighted by Crippen LogP contribution is -2.44. The summed E-state index contributed by atoms with van der Waals surface area (Å²) in [5, 5.41) is 6.46. The van der Waals surface area contributed by atoms with Gasteiger partial charge in [-0.1, -0.05) is 0 Å². The molecular formula is C18H18F3N3O2. The van der Waals surface area contributed by atoms with E-state index in [0.717, 1.165) is 25.5 Å². The van der Waals surface area contributed by atoms with E-state index in [1.54, 1.807) is 24.3 Å². The third-order valence-corrected chi connectivity index (χ3v) is 4.99. The normalized spacial score (nSPS) is 24.7. The van der Waals surface area contributed by atoms with E-state index in [9.17, 15) is 18.0 Å². The van der Waals surface area contributed by atoms with Crippen molar-refractivity contribution in [3.8, 4) is 11.6 Å². The summed E-state index contributed by atoms with van der Waals surface area (Å²) >= 11 is 0. The fraction of sp³-hybridized carbons (Fsp3) is 0.389. The molecule has 3 unspecified atom stereocenters. The maximum absolute atomic E-state index is 12.6. The molecule has 3 N–H and O–H groups in total. The van der Waals surface area contributed by atoms with Crippen molar-refractivity contribution >= 4 is 5.91 Å². The molecule has 5 nitrogen and oxygen atoms in total.